The molecule has 0 saturated heterocycles. The van der Waals surface area contributed by atoms with E-state index in [9.17, 15) is 18.8 Å². The highest BCUT2D eigenvalue weighted by Crippen LogP contribution is 2.09. The number of hydrogen-bond donors (Lipinski definition) is 4. The maximum absolute atomic E-state index is 12.9. The highest BCUT2D eigenvalue weighted by atomic mass is 32.1. The molecule has 2 aromatic carbocycles. The summed E-state index contributed by atoms with van der Waals surface area (Å²) in [5.41, 5.74) is 5.87. The molecule has 0 aliphatic carbocycles. The van der Waals surface area contributed by atoms with Gasteiger partial charge in [0.05, 0.1) is 0 Å². The van der Waals surface area contributed by atoms with Gasteiger partial charge in [0.2, 0.25) is 5.91 Å². The Morgan fingerprint density at radius 3 is 2.04 bits per heavy atom. The molecule has 0 aliphatic heterocycles. The first-order chi connectivity index (χ1) is 12.9. The second kappa shape index (κ2) is 9.39. The second-order valence-corrected chi connectivity index (χ2v) is 5.76. The van der Waals surface area contributed by atoms with Crippen molar-refractivity contribution in [1.29, 1.82) is 0 Å². The topological polar surface area (TPSA) is 99.3 Å². The van der Waals surface area contributed by atoms with Crippen LogP contribution in [0.1, 0.15) is 34.1 Å². The van der Waals surface area contributed by atoms with Crippen LogP contribution in [0.3, 0.4) is 0 Å². The number of hydrogen-bond acceptors (Lipinski definition) is 4. The molecule has 0 atom stereocenters. The monoisotopic (exact) mass is 388 g/mol. The van der Waals surface area contributed by atoms with E-state index >= 15 is 0 Å². The zero-order valence-electron chi connectivity index (χ0n) is 14.3. The lowest BCUT2D eigenvalue weighted by atomic mass is 10.2. The first kappa shape index (κ1) is 20.0. The molecule has 3 amide bonds. The van der Waals surface area contributed by atoms with Crippen molar-refractivity contribution >= 4 is 40.7 Å². The molecule has 7 nitrogen and oxygen atoms in total. The van der Waals surface area contributed by atoms with Crippen LogP contribution in [0.15, 0.2) is 48.5 Å². The summed E-state index contributed by atoms with van der Waals surface area (Å²) in [6.45, 7) is 1.74. The Balaban J connectivity index is 1.83. The van der Waals surface area contributed by atoms with Gasteiger partial charge < -0.3 is 5.32 Å². The maximum atomic E-state index is 12.9. The molecule has 0 unspecified atom stereocenters. The van der Waals surface area contributed by atoms with E-state index in [2.05, 4.69) is 21.5 Å². The second-order valence-electron chi connectivity index (χ2n) is 5.35. The number of rotatable bonds is 4. The first-order valence-corrected chi connectivity index (χ1v) is 8.37. The zero-order chi connectivity index (χ0) is 19.8. The average molecular weight is 388 g/mol. The van der Waals surface area contributed by atoms with Crippen LogP contribution in [-0.4, -0.2) is 22.8 Å². The number of carbonyl (C=O) groups excluding carboxylic acids is 3. The summed E-state index contributed by atoms with van der Waals surface area (Å²) in [6, 6.07) is 11.2. The number of carbonyl (C=O) groups is 3. The van der Waals surface area contributed by atoms with Gasteiger partial charge in [-0.2, -0.15) is 0 Å². The van der Waals surface area contributed by atoms with Gasteiger partial charge in [-0.25, -0.2) is 4.39 Å². The lowest BCUT2D eigenvalue weighted by Crippen LogP contribution is -2.48. The third-order valence-electron chi connectivity index (χ3n) is 3.37. The Kier molecular flexibility index (Phi) is 6.95. The van der Waals surface area contributed by atoms with Crippen LogP contribution >= 0.6 is 12.2 Å². The van der Waals surface area contributed by atoms with Crippen LogP contribution in [0.4, 0.5) is 10.1 Å². The molecule has 0 aliphatic rings. The Morgan fingerprint density at radius 1 is 0.889 bits per heavy atom. The van der Waals surface area contributed by atoms with Gasteiger partial charge in [-0.15, -0.1) is 0 Å². The number of halogens is 1. The largest absolute Gasteiger partial charge is 0.326 e. The molecule has 0 spiro atoms. The van der Waals surface area contributed by atoms with E-state index in [1.807, 2.05) is 0 Å². The van der Waals surface area contributed by atoms with E-state index in [1.54, 1.807) is 19.1 Å². The Morgan fingerprint density at radius 2 is 1.44 bits per heavy atom. The fourth-order valence-electron chi connectivity index (χ4n) is 1.95. The molecule has 2 aromatic rings. The van der Waals surface area contributed by atoms with Crippen LogP contribution in [0, 0.1) is 5.82 Å². The van der Waals surface area contributed by atoms with E-state index in [4.69, 9.17) is 12.2 Å². The van der Waals surface area contributed by atoms with Crippen LogP contribution in [0.2, 0.25) is 0 Å². The van der Waals surface area contributed by atoms with Crippen molar-refractivity contribution in [3.05, 3.63) is 65.5 Å². The highest BCUT2D eigenvalue weighted by Gasteiger charge is 2.10. The summed E-state index contributed by atoms with van der Waals surface area (Å²) in [6.07, 6.45) is 0.354. The minimum absolute atomic E-state index is 0.121. The van der Waals surface area contributed by atoms with Gasteiger partial charge >= 0.3 is 0 Å². The van der Waals surface area contributed by atoms with Crippen LogP contribution < -0.4 is 21.5 Å². The van der Waals surface area contributed by atoms with Crippen molar-refractivity contribution in [2.45, 2.75) is 13.3 Å². The van der Waals surface area contributed by atoms with Crippen LogP contribution in [0.25, 0.3) is 0 Å². The number of thiocarbonyl (C=S) groups is 1. The summed E-state index contributed by atoms with van der Waals surface area (Å²) in [4.78, 5) is 35.3. The number of hydrazine groups is 1. The van der Waals surface area contributed by atoms with Crippen molar-refractivity contribution in [3.8, 4) is 0 Å². The third-order valence-corrected chi connectivity index (χ3v) is 3.58. The van der Waals surface area contributed by atoms with Gasteiger partial charge in [0, 0.05) is 23.2 Å². The predicted molar refractivity (Wildman–Crippen MR) is 102 cm³/mol. The first-order valence-electron chi connectivity index (χ1n) is 7.96. The van der Waals surface area contributed by atoms with Gasteiger partial charge in [0.25, 0.3) is 11.8 Å². The molecule has 27 heavy (non-hydrogen) atoms. The lowest BCUT2D eigenvalue weighted by molar-refractivity contribution is -0.115. The summed E-state index contributed by atoms with van der Waals surface area (Å²) in [5.74, 6) is -1.62. The van der Waals surface area contributed by atoms with Crippen molar-refractivity contribution in [3.63, 3.8) is 0 Å². The number of amides is 3. The van der Waals surface area contributed by atoms with Gasteiger partial charge in [-0.1, -0.05) is 6.92 Å². The molecule has 0 heterocycles. The van der Waals surface area contributed by atoms with Gasteiger partial charge in [-0.3, -0.25) is 30.6 Å². The maximum Gasteiger partial charge on any atom is 0.269 e. The molecular weight excluding hydrogens is 371 g/mol. The normalized spacial score (nSPS) is 9.85. The fourth-order valence-corrected chi connectivity index (χ4v) is 2.09. The quantitative estimate of drug-likeness (QED) is 0.475. The Hall–Kier alpha value is -3.33. The van der Waals surface area contributed by atoms with E-state index in [-0.39, 0.29) is 16.6 Å². The molecule has 140 valence electrons. The minimum Gasteiger partial charge on any atom is -0.326 e. The van der Waals surface area contributed by atoms with E-state index in [1.165, 1.54) is 24.3 Å². The molecule has 0 fully saturated rings. The van der Waals surface area contributed by atoms with E-state index in [0.29, 0.717) is 17.7 Å². The number of nitrogens with one attached hydrogen (secondary N) is 4. The summed E-state index contributed by atoms with van der Waals surface area (Å²) in [7, 11) is 0. The van der Waals surface area contributed by atoms with Crippen molar-refractivity contribution in [2.75, 3.05) is 5.32 Å². The molecule has 9 heteroatoms. The lowest BCUT2D eigenvalue weighted by Gasteiger charge is -2.11. The average Bonchev–Trinajstić information content (AvgIpc) is 2.67. The summed E-state index contributed by atoms with van der Waals surface area (Å²) < 4.78 is 12.9. The number of anilines is 1. The molecule has 0 radical (unpaired) electrons. The van der Waals surface area contributed by atoms with Gasteiger partial charge in [0.15, 0.2) is 5.11 Å². The molecular formula is C18H17FN4O3S. The summed E-state index contributed by atoms with van der Waals surface area (Å²) in [5, 5.41) is 4.91. The standard InChI is InChI=1S/C18H17FN4O3S/c1-2-15(24)20-14-9-5-12(6-10-14)17(26)22-23-18(27)21-16(25)11-3-7-13(19)8-4-11/h3-10H,2H2,1H3,(H,20,24)(H,22,26)(H2,21,23,25,27). The van der Waals surface area contributed by atoms with Gasteiger partial charge in [0.1, 0.15) is 5.82 Å². The SMILES string of the molecule is CCC(=O)Nc1ccc(C(=O)NNC(=S)NC(=O)c2ccc(F)cc2)cc1. The van der Waals surface area contributed by atoms with Crippen LogP contribution in [-0.2, 0) is 4.79 Å². The van der Waals surface area contributed by atoms with Crippen molar-refractivity contribution in [2.24, 2.45) is 0 Å². The van der Waals surface area contributed by atoms with Gasteiger partial charge in [-0.05, 0) is 60.7 Å². The summed E-state index contributed by atoms with van der Waals surface area (Å²) >= 11 is 4.93. The Bertz CT molecular complexity index is 854. The Labute approximate surface area is 160 Å². The minimum atomic E-state index is -0.544. The van der Waals surface area contributed by atoms with Crippen LogP contribution in [0.5, 0.6) is 0 Å². The molecule has 2 rings (SSSR count). The smallest absolute Gasteiger partial charge is 0.269 e. The molecule has 0 aromatic heterocycles. The predicted octanol–water partition coefficient (Wildman–Crippen LogP) is 2.12. The third kappa shape index (κ3) is 6.15. The van der Waals surface area contributed by atoms with Crippen molar-refractivity contribution < 1.29 is 18.8 Å². The molecule has 4 N–H and O–H groups in total. The highest BCUT2D eigenvalue weighted by molar-refractivity contribution is 7.80. The molecule has 0 bridgehead atoms. The number of benzene rings is 2. The molecule has 0 saturated carbocycles. The zero-order valence-corrected chi connectivity index (χ0v) is 15.2. The fraction of sp³-hybridized carbons (Fsp3) is 0.111. The van der Waals surface area contributed by atoms with E-state index < -0.39 is 17.6 Å². The van der Waals surface area contributed by atoms with Crippen molar-refractivity contribution in [1.82, 2.24) is 16.2 Å². The van der Waals surface area contributed by atoms with E-state index in [0.717, 1.165) is 12.1 Å².